The van der Waals surface area contributed by atoms with Crippen molar-refractivity contribution < 1.29 is 9.53 Å². The summed E-state index contributed by atoms with van der Waals surface area (Å²) >= 11 is 5.78. The Morgan fingerprint density at radius 1 is 1.59 bits per heavy atom. The third kappa shape index (κ3) is 4.33. The predicted molar refractivity (Wildman–Crippen MR) is 64.8 cm³/mol. The SMILES string of the molecule is CCN(CC#N)C(=O)COc1cccc(Cl)c1. The molecule has 0 aliphatic carbocycles. The van der Waals surface area contributed by atoms with E-state index in [1.807, 2.05) is 13.0 Å². The summed E-state index contributed by atoms with van der Waals surface area (Å²) < 4.78 is 5.29. The number of hydrogen-bond donors (Lipinski definition) is 0. The molecule has 0 aliphatic rings. The van der Waals surface area contributed by atoms with Gasteiger partial charge in [0.2, 0.25) is 0 Å². The first-order chi connectivity index (χ1) is 8.17. The number of nitriles is 1. The molecule has 0 fully saturated rings. The second-order valence-corrected chi connectivity index (χ2v) is 3.75. The van der Waals surface area contributed by atoms with Gasteiger partial charge < -0.3 is 9.64 Å². The molecule has 1 aromatic rings. The van der Waals surface area contributed by atoms with Crippen LogP contribution in [0.15, 0.2) is 24.3 Å². The molecule has 17 heavy (non-hydrogen) atoms. The zero-order valence-corrected chi connectivity index (χ0v) is 10.3. The molecule has 0 aromatic heterocycles. The number of ether oxygens (including phenoxy) is 1. The van der Waals surface area contributed by atoms with Crippen LogP contribution in [0.5, 0.6) is 5.75 Å². The first-order valence-electron chi connectivity index (χ1n) is 5.20. The van der Waals surface area contributed by atoms with Gasteiger partial charge in [0, 0.05) is 11.6 Å². The van der Waals surface area contributed by atoms with Crippen molar-refractivity contribution in [3.63, 3.8) is 0 Å². The Labute approximate surface area is 105 Å². The van der Waals surface area contributed by atoms with E-state index in [1.54, 1.807) is 24.3 Å². The third-order valence-electron chi connectivity index (χ3n) is 2.15. The van der Waals surface area contributed by atoms with Crippen molar-refractivity contribution in [1.82, 2.24) is 4.90 Å². The lowest BCUT2D eigenvalue weighted by molar-refractivity contribution is -0.132. The van der Waals surface area contributed by atoms with Gasteiger partial charge in [-0.2, -0.15) is 5.26 Å². The summed E-state index contributed by atoms with van der Waals surface area (Å²) in [6.45, 7) is 2.30. The van der Waals surface area contributed by atoms with Crippen molar-refractivity contribution in [2.75, 3.05) is 19.7 Å². The number of nitrogens with zero attached hydrogens (tertiary/aromatic N) is 2. The molecule has 0 saturated heterocycles. The molecule has 1 rings (SSSR count). The number of rotatable bonds is 5. The Balaban J connectivity index is 2.50. The lowest BCUT2D eigenvalue weighted by atomic mass is 10.3. The predicted octanol–water partition coefficient (Wildman–Crippen LogP) is 2.09. The van der Waals surface area contributed by atoms with Gasteiger partial charge in [0.15, 0.2) is 6.61 Å². The highest BCUT2D eigenvalue weighted by Gasteiger charge is 2.11. The van der Waals surface area contributed by atoms with Crippen molar-refractivity contribution >= 4 is 17.5 Å². The lowest BCUT2D eigenvalue weighted by Crippen LogP contribution is -2.35. The van der Waals surface area contributed by atoms with Gasteiger partial charge in [-0.05, 0) is 25.1 Å². The summed E-state index contributed by atoms with van der Waals surface area (Å²) in [6.07, 6.45) is 0. The summed E-state index contributed by atoms with van der Waals surface area (Å²) in [6, 6.07) is 8.76. The number of likely N-dealkylation sites (N-methyl/N-ethyl adjacent to an activating group) is 1. The van der Waals surface area contributed by atoms with Crippen LogP contribution in [0.3, 0.4) is 0 Å². The summed E-state index contributed by atoms with van der Waals surface area (Å²) in [5.41, 5.74) is 0. The maximum absolute atomic E-state index is 11.6. The summed E-state index contributed by atoms with van der Waals surface area (Å²) in [5.74, 6) is 0.327. The van der Waals surface area contributed by atoms with Gasteiger partial charge in [-0.25, -0.2) is 0 Å². The van der Waals surface area contributed by atoms with E-state index in [2.05, 4.69) is 0 Å². The van der Waals surface area contributed by atoms with Crippen molar-refractivity contribution in [2.24, 2.45) is 0 Å². The molecular formula is C12H13ClN2O2. The largest absolute Gasteiger partial charge is 0.484 e. The van der Waals surface area contributed by atoms with Crippen molar-refractivity contribution in [1.29, 1.82) is 5.26 Å². The Bertz CT molecular complexity index is 429. The van der Waals surface area contributed by atoms with E-state index in [0.717, 1.165) is 0 Å². The van der Waals surface area contributed by atoms with Gasteiger partial charge in [-0.15, -0.1) is 0 Å². The van der Waals surface area contributed by atoms with E-state index in [9.17, 15) is 4.79 Å². The molecular weight excluding hydrogens is 240 g/mol. The minimum absolute atomic E-state index is 0.0776. The molecule has 0 aliphatic heterocycles. The zero-order valence-electron chi connectivity index (χ0n) is 9.52. The van der Waals surface area contributed by atoms with Gasteiger partial charge in [0.25, 0.3) is 5.91 Å². The molecule has 1 amide bonds. The normalized spacial score (nSPS) is 9.47. The standard InChI is InChI=1S/C12H13ClN2O2/c1-2-15(7-6-14)12(16)9-17-11-5-3-4-10(13)8-11/h3-5,8H,2,7,9H2,1H3. The topological polar surface area (TPSA) is 53.3 Å². The maximum Gasteiger partial charge on any atom is 0.261 e. The number of carbonyl (C=O) groups excluding carboxylic acids is 1. The fraction of sp³-hybridized carbons (Fsp3) is 0.333. The molecule has 0 N–H and O–H groups in total. The molecule has 0 atom stereocenters. The Kier molecular flexibility index (Phi) is 5.31. The first kappa shape index (κ1) is 13.3. The van der Waals surface area contributed by atoms with E-state index in [0.29, 0.717) is 17.3 Å². The van der Waals surface area contributed by atoms with Crippen LogP contribution in [-0.2, 0) is 4.79 Å². The van der Waals surface area contributed by atoms with E-state index in [4.69, 9.17) is 21.6 Å². The maximum atomic E-state index is 11.6. The van der Waals surface area contributed by atoms with Gasteiger partial charge in [-0.1, -0.05) is 17.7 Å². The minimum Gasteiger partial charge on any atom is -0.484 e. The molecule has 0 radical (unpaired) electrons. The highest BCUT2D eigenvalue weighted by molar-refractivity contribution is 6.30. The Morgan fingerprint density at radius 2 is 2.35 bits per heavy atom. The Morgan fingerprint density at radius 3 is 2.94 bits per heavy atom. The smallest absolute Gasteiger partial charge is 0.261 e. The summed E-state index contributed by atoms with van der Waals surface area (Å²) in [4.78, 5) is 13.1. The number of amides is 1. The van der Waals surface area contributed by atoms with Crippen LogP contribution in [0.4, 0.5) is 0 Å². The number of benzene rings is 1. The highest BCUT2D eigenvalue weighted by atomic mass is 35.5. The average molecular weight is 253 g/mol. The number of carbonyl (C=O) groups is 1. The molecule has 0 spiro atoms. The minimum atomic E-state index is -0.214. The molecule has 0 saturated carbocycles. The van der Waals surface area contributed by atoms with Crippen molar-refractivity contribution in [3.8, 4) is 11.8 Å². The van der Waals surface area contributed by atoms with Gasteiger partial charge >= 0.3 is 0 Å². The lowest BCUT2D eigenvalue weighted by Gasteiger charge is -2.17. The highest BCUT2D eigenvalue weighted by Crippen LogP contribution is 2.16. The molecule has 0 bridgehead atoms. The monoisotopic (exact) mass is 252 g/mol. The number of halogens is 1. The Hall–Kier alpha value is -1.73. The van der Waals surface area contributed by atoms with Gasteiger partial charge in [0.1, 0.15) is 12.3 Å². The van der Waals surface area contributed by atoms with Crippen LogP contribution in [0, 0.1) is 11.3 Å². The molecule has 5 heteroatoms. The molecule has 0 unspecified atom stereocenters. The second-order valence-electron chi connectivity index (χ2n) is 3.31. The fourth-order valence-electron chi connectivity index (χ4n) is 1.25. The number of hydrogen-bond acceptors (Lipinski definition) is 3. The van der Waals surface area contributed by atoms with E-state index in [1.165, 1.54) is 4.90 Å². The van der Waals surface area contributed by atoms with Crippen LogP contribution in [-0.4, -0.2) is 30.5 Å². The van der Waals surface area contributed by atoms with Crippen LogP contribution >= 0.6 is 11.6 Å². The molecule has 90 valence electrons. The molecule has 1 aromatic carbocycles. The molecule has 4 nitrogen and oxygen atoms in total. The molecule has 0 heterocycles. The summed E-state index contributed by atoms with van der Waals surface area (Å²) in [5, 5.41) is 9.09. The quantitative estimate of drug-likeness (QED) is 0.754. The fourth-order valence-corrected chi connectivity index (χ4v) is 1.44. The van der Waals surface area contributed by atoms with E-state index < -0.39 is 0 Å². The second kappa shape index (κ2) is 6.77. The van der Waals surface area contributed by atoms with Crippen molar-refractivity contribution in [3.05, 3.63) is 29.3 Å². The van der Waals surface area contributed by atoms with E-state index >= 15 is 0 Å². The van der Waals surface area contributed by atoms with Crippen LogP contribution < -0.4 is 4.74 Å². The van der Waals surface area contributed by atoms with Crippen molar-refractivity contribution in [2.45, 2.75) is 6.92 Å². The van der Waals surface area contributed by atoms with Gasteiger partial charge in [-0.3, -0.25) is 4.79 Å². The first-order valence-corrected chi connectivity index (χ1v) is 5.58. The third-order valence-corrected chi connectivity index (χ3v) is 2.39. The van der Waals surface area contributed by atoms with Crippen LogP contribution in [0.2, 0.25) is 5.02 Å². The summed E-state index contributed by atoms with van der Waals surface area (Å²) in [7, 11) is 0. The average Bonchev–Trinajstić information content (AvgIpc) is 2.33. The van der Waals surface area contributed by atoms with E-state index in [-0.39, 0.29) is 19.1 Å². The van der Waals surface area contributed by atoms with Gasteiger partial charge in [0.05, 0.1) is 6.07 Å². The van der Waals surface area contributed by atoms with Crippen LogP contribution in [0.1, 0.15) is 6.92 Å². The zero-order chi connectivity index (χ0) is 12.7. The van der Waals surface area contributed by atoms with Crippen LogP contribution in [0.25, 0.3) is 0 Å².